The van der Waals surface area contributed by atoms with Crippen molar-refractivity contribution >= 4 is 45.3 Å². The van der Waals surface area contributed by atoms with Crippen molar-refractivity contribution in [3.8, 4) is 11.8 Å². The molecule has 33 heavy (non-hydrogen) atoms. The highest BCUT2D eigenvalue weighted by molar-refractivity contribution is 7.90. The number of nitriles is 1. The molecule has 0 bridgehead atoms. The zero-order valence-corrected chi connectivity index (χ0v) is 19.2. The van der Waals surface area contributed by atoms with E-state index in [1.807, 2.05) is 24.3 Å². The van der Waals surface area contributed by atoms with Crippen molar-refractivity contribution in [3.63, 3.8) is 0 Å². The molecule has 0 saturated heterocycles. The molecule has 2 aromatic carbocycles. The number of para-hydroxylation sites is 1. The first-order valence-corrected chi connectivity index (χ1v) is 11.7. The van der Waals surface area contributed by atoms with Crippen LogP contribution in [0.25, 0.3) is 16.6 Å². The van der Waals surface area contributed by atoms with Crippen LogP contribution in [-0.2, 0) is 11.2 Å². The van der Waals surface area contributed by atoms with E-state index in [1.165, 1.54) is 10.8 Å². The molecule has 4 aromatic rings. The van der Waals surface area contributed by atoms with Gasteiger partial charge in [-0.1, -0.05) is 35.9 Å². The highest BCUT2D eigenvalue weighted by Gasteiger charge is 2.23. The zero-order chi connectivity index (χ0) is 23.7. The molecule has 2 aromatic heterocycles. The van der Waals surface area contributed by atoms with E-state index in [1.54, 1.807) is 37.3 Å². The molecule has 0 saturated carbocycles. The first-order chi connectivity index (χ1) is 15.8. The van der Waals surface area contributed by atoms with Gasteiger partial charge in [0.25, 0.3) is 5.56 Å². The molecule has 0 aliphatic heterocycles. The smallest absolute Gasteiger partial charge is 0.346 e. The van der Waals surface area contributed by atoms with Crippen molar-refractivity contribution in [2.75, 3.05) is 17.3 Å². The number of anilines is 2. The van der Waals surface area contributed by atoms with Gasteiger partial charge in [-0.2, -0.15) is 15.2 Å². The number of hydrogen-bond donors (Lipinski definition) is 2. The number of hydrogen-bond acceptors (Lipinski definition) is 8. The second-order valence-electron chi connectivity index (χ2n) is 7.13. The van der Waals surface area contributed by atoms with Gasteiger partial charge in [0.2, 0.25) is 0 Å². The normalized spacial score (nSPS) is 12.8. The lowest BCUT2D eigenvalue weighted by molar-refractivity contribution is 0.592. The molecule has 9 nitrogen and oxygen atoms in total. The van der Waals surface area contributed by atoms with E-state index in [9.17, 15) is 14.6 Å². The molecular formula is C22H18ClN7O2S. The zero-order valence-electron chi connectivity index (χ0n) is 17.6. The maximum atomic E-state index is 13.5. The second kappa shape index (κ2) is 9.07. The molecular weight excluding hydrogens is 462 g/mol. The van der Waals surface area contributed by atoms with Gasteiger partial charge in [0.15, 0.2) is 11.6 Å². The van der Waals surface area contributed by atoms with Crippen LogP contribution in [0.5, 0.6) is 0 Å². The maximum absolute atomic E-state index is 13.5. The summed E-state index contributed by atoms with van der Waals surface area (Å²) in [6.45, 7) is 1.76. The van der Waals surface area contributed by atoms with Gasteiger partial charge in [0.1, 0.15) is 23.7 Å². The second-order valence-corrected chi connectivity index (χ2v) is 8.81. The van der Waals surface area contributed by atoms with Gasteiger partial charge in [0, 0.05) is 11.2 Å². The van der Waals surface area contributed by atoms with E-state index < -0.39 is 17.2 Å². The first kappa shape index (κ1) is 22.5. The number of rotatable bonds is 5. The van der Waals surface area contributed by atoms with Crippen molar-refractivity contribution in [2.45, 2.75) is 18.1 Å². The molecule has 0 aliphatic rings. The Bertz CT molecular complexity index is 1450. The third kappa shape index (κ3) is 4.21. The number of nitrogen functional groups attached to an aromatic ring is 1. The van der Waals surface area contributed by atoms with Gasteiger partial charge in [-0.15, -0.1) is 0 Å². The van der Waals surface area contributed by atoms with Gasteiger partial charge in [-0.05, 0) is 31.2 Å². The molecule has 0 aliphatic carbocycles. The van der Waals surface area contributed by atoms with Crippen LogP contribution in [0.3, 0.4) is 0 Å². The molecule has 3 N–H and O–H groups in total. The average Bonchev–Trinajstić information content (AvgIpc) is 2.79. The van der Waals surface area contributed by atoms with Crippen LogP contribution in [-0.4, -0.2) is 30.3 Å². The molecule has 2 heterocycles. The Balaban J connectivity index is 1.92. The Kier molecular flexibility index (Phi) is 6.20. The van der Waals surface area contributed by atoms with Crippen molar-refractivity contribution < 1.29 is 4.55 Å². The van der Waals surface area contributed by atoms with Gasteiger partial charge in [-0.3, -0.25) is 9.36 Å². The number of fused-ring (bicyclic) bond motifs is 1. The summed E-state index contributed by atoms with van der Waals surface area (Å²) in [7, 11) is 0. The molecule has 1 unspecified atom stereocenters. The van der Waals surface area contributed by atoms with Crippen LogP contribution in [0.2, 0.25) is 5.02 Å². The predicted octanol–water partition coefficient (Wildman–Crippen LogP) is 3.19. The Hall–Kier alpha value is -3.65. The Morgan fingerprint density at radius 2 is 1.91 bits per heavy atom. The topological polar surface area (TPSA) is 146 Å². The van der Waals surface area contributed by atoms with E-state index in [0.29, 0.717) is 27.4 Å². The number of nitrogens with one attached hydrogen (secondary N) is 1. The third-order valence-corrected chi connectivity index (χ3v) is 5.92. The minimum Gasteiger partial charge on any atom is -0.609 e. The van der Waals surface area contributed by atoms with Crippen LogP contribution >= 0.6 is 11.6 Å². The third-order valence-electron chi connectivity index (χ3n) is 4.91. The average molecular weight is 480 g/mol. The summed E-state index contributed by atoms with van der Waals surface area (Å²) < 4.78 is 13.4. The van der Waals surface area contributed by atoms with Crippen molar-refractivity contribution in [3.05, 3.63) is 75.3 Å². The number of halogens is 1. The predicted molar refractivity (Wildman–Crippen MR) is 128 cm³/mol. The summed E-state index contributed by atoms with van der Waals surface area (Å²) in [5, 5.41) is 13.2. The van der Waals surface area contributed by atoms with Crippen LogP contribution in [0, 0.1) is 11.3 Å². The first-order valence-electron chi connectivity index (χ1n) is 9.76. The monoisotopic (exact) mass is 479 g/mol. The summed E-state index contributed by atoms with van der Waals surface area (Å²) in [5.74, 6) is 0.370. The van der Waals surface area contributed by atoms with Crippen LogP contribution < -0.4 is 16.6 Å². The summed E-state index contributed by atoms with van der Waals surface area (Å²) in [4.78, 5) is 26.4. The Morgan fingerprint density at radius 1 is 1.18 bits per heavy atom. The van der Waals surface area contributed by atoms with Crippen molar-refractivity contribution in [1.29, 1.82) is 5.26 Å². The van der Waals surface area contributed by atoms with Crippen LogP contribution in [0.1, 0.15) is 24.4 Å². The summed E-state index contributed by atoms with van der Waals surface area (Å²) in [6.07, 6.45) is 1.41. The summed E-state index contributed by atoms with van der Waals surface area (Å²) in [5.41, 5.74) is 6.59. The van der Waals surface area contributed by atoms with E-state index in [0.717, 1.165) is 0 Å². The molecule has 0 spiro atoms. The fraction of sp³-hybridized carbons (Fsp3) is 0.136. The van der Waals surface area contributed by atoms with E-state index >= 15 is 0 Å². The van der Waals surface area contributed by atoms with Crippen LogP contribution in [0.15, 0.2) is 58.5 Å². The molecule has 166 valence electrons. The SMILES string of the molecule is C[C@H](Nc1nc([S+](C)[O-])nc(N)c1C#N)c1nc2cccc(Cl)c2c(=O)n1-c1ccccc1. The van der Waals surface area contributed by atoms with Crippen molar-refractivity contribution in [2.24, 2.45) is 0 Å². The molecule has 2 atom stereocenters. The number of aromatic nitrogens is 4. The van der Waals surface area contributed by atoms with Crippen LogP contribution in [0.4, 0.5) is 11.6 Å². The maximum Gasteiger partial charge on any atom is 0.346 e. The molecule has 4 rings (SSSR count). The lowest BCUT2D eigenvalue weighted by Crippen LogP contribution is -2.28. The van der Waals surface area contributed by atoms with Gasteiger partial charge in [0.05, 0.1) is 27.7 Å². The minimum atomic E-state index is -1.52. The highest BCUT2D eigenvalue weighted by atomic mass is 35.5. The number of nitrogens with two attached hydrogens (primary N) is 1. The quantitative estimate of drug-likeness (QED) is 0.327. The standard InChI is InChI=1S/C22H18ClN7O2S/c1-12(26-19-14(11-24)18(25)28-22(29-19)33(2)32)20-27-16-10-6-9-15(23)17(16)21(31)30(20)13-7-4-3-5-8-13/h3-10,12H,1-2H3,(H3,25,26,28,29)/t12-,33?/m0/s1. The van der Waals surface area contributed by atoms with E-state index in [4.69, 9.17) is 22.3 Å². The van der Waals surface area contributed by atoms with Gasteiger partial charge >= 0.3 is 5.16 Å². The summed E-state index contributed by atoms with van der Waals surface area (Å²) >= 11 is 4.81. The fourth-order valence-corrected chi connectivity index (χ4v) is 4.09. The molecule has 11 heteroatoms. The number of nitrogens with zero attached hydrogens (tertiary/aromatic N) is 5. The Morgan fingerprint density at radius 3 is 2.58 bits per heavy atom. The number of benzene rings is 2. The lowest BCUT2D eigenvalue weighted by atomic mass is 10.2. The summed E-state index contributed by atoms with van der Waals surface area (Å²) in [6, 6.07) is 15.4. The van der Waals surface area contributed by atoms with Gasteiger partial charge < -0.3 is 15.6 Å². The molecule has 0 fully saturated rings. The fourth-order valence-electron chi connectivity index (χ4n) is 3.39. The minimum absolute atomic E-state index is 0.00786. The Labute approximate surface area is 197 Å². The van der Waals surface area contributed by atoms with Gasteiger partial charge in [-0.25, -0.2) is 4.98 Å². The van der Waals surface area contributed by atoms with Crippen molar-refractivity contribution in [1.82, 2.24) is 19.5 Å². The lowest BCUT2D eigenvalue weighted by Gasteiger charge is -2.21. The highest BCUT2D eigenvalue weighted by Crippen LogP contribution is 2.27. The van der Waals surface area contributed by atoms with E-state index in [2.05, 4.69) is 15.3 Å². The van der Waals surface area contributed by atoms with E-state index in [-0.39, 0.29) is 27.9 Å². The largest absolute Gasteiger partial charge is 0.609 e. The molecule has 0 radical (unpaired) electrons. The molecule has 0 amide bonds.